The van der Waals surface area contributed by atoms with Gasteiger partial charge in [0.05, 0.1) is 22.8 Å². The van der Waals surface area contributed by atoms with Crippen molar-refractivity contribution in [2.45, 2.75) is 11.1 Å². The molecule has 0 aliphatic carbocycles. The van der Waals surface area contributed by atoms with Gasteiger partial charge in [-0.15, -0.1) is 0 Å². The summed E-state index contributed by atoms with van der Waals surface area (Å²) >= 11 is 2.05. The van der Waals surface area contributed by atoms with Crippen molar-refractivity contribution in [3.63, 3.8) is 0 Å². The second kappa shape index (κ2) is 6.05. The number of hydrogen-bond acceptors (Lipinski definition) is 3. The number of alkyl halides is 3. The molecule has 0 amide bonds. The maximum atomic E-state index is 12.8. The predicted octanol–water partition coefficient (Wildman–Crippen LogP) is 4.15. The fourth-order valence-electron chi connectivity index (χ4n) is 2.40. The maximum absolute atomic E-state index is 12.8. The van der Waals surface area contributed by atoms with Gasteiger partial charge in [-0.3, -0.25) is 0 Å². The smallest absolute Gasteiger partial charge is 0.433 e. The SMILES string of the molecule is Cn1c(-c2ccc(Br)cc2[S+](C)[O-])nc2cc(C(F)(F)F)ncc21. The molecule has 0 aliphatic heterocycles. The van der Waals surface area contributed by atoms with E-state index in [1.165, 1.54) is 6.26 Å². The van der Waals surface area contributed by atoms with E-state index in [1.807, 2.05) is 0 Å². The molecule has 1 atom stereocenters. The summed E-state index contributed by atoms with van der Waals surface area (Å²) in [6.45, 7) is 0. The zero-order chi connectivity index (χ0) is 17.6. The van der Waals surface area contributed by atoms with E-state index in [1.54, 1.807) is 29.8 Å². The van der Waals surface area contributed by atoms with Gasteiger partial charge < -0.3 is 9.12 Å². The normalized spacial score (nSPS) is 13.5. The first kappa shape index (κ1) is 17.2. The Kier molecular flexibility index (Phi) is 4.35. The minimum absolute atomic E-state index is 0.186. The van der Waals surface area contributed by atoms with Crippen molar-refractivity contribution < 1.29 is 17.7 Å². The quantitative estimate of drug-likeness (QED) is 0.588. The largest absolute Gasteiger partial charge is 0.612 e. The van der Waals surface area contributed by atoms with Crippen LogP contribution < -0.4 is 0 Å². The van der Waals surface area contributed by atoms with Gasteiger partial charge in [0.1, 0.15) is 17.8 Å². The summed E-state index contributed by atoms with van der Waals surface area (Å²) in [6, 6.07) is 6.13. The molecule has 0 fully saturated rings. The van der Waals surface area contributed by atoms with Crippen LogP contribution in [0.15, 0.2) is 39.8 Å². The zero-order valence-electron chi connectivity index (χ0n) is 12.6. The van der Waals surface area contributed by atoms with Crippen molar-refractivity contribution in [1.29, 1.82) is 0 Å². The average Bonchev–Trinajstić information content (AvgIpc) is 2.83. The molecule has 3 rings (SSSR count). The van der Waals surface area contributed by atoms with Crippen LogP contribution >= 0.6 is 15.9 Å². The maximum Gasteiger partial charge on any atom is 0.433 e. The highest BCUT2D eigenvalue weighted by Gasteiger charge is 2.33. The van der Waals surface area contributed by atoms with Gasteiger partial charge in [-0.25, -0.2) is 9.97 Å². The third kappa shape index (κ3) is 3.03. The molecule has 4 nitrogen and oxygen atoms in total. The lowest BCUT2D eigenvalue weighted by Gasteiger charge is -2.10. The van der Waals surface area contributed by atoms with Crippen molar-refractivity contribution in [2.75, 3.05) is 6.26 Å². The Hall–Kier alpha value is -1.58. The number of benzene rings is 1. The first-order valence-corrected chi connectivity index (χ1v) is 9.06. The van der Waals surface area contributed by atoms with Gasteiger partial charge in [0.15, 0.2) is 4.90 Å². The number of halogens is 4. The zero-order valence-corrected chi connectivity index (χ0v) is 15.0. The van der Waals surface area contributed by atoms with Gasteiger partial charge in [-0.05, 0) is 29.4 Å². The van der Waals surface area contributed by atoms with Crippen LogP contribution in [0.1, 0.15) is 5.69 Å². The van der Waals surface area contributed by atoms with Crippen molar-refractivity contribution in [2.24, 2.45) is 7.05 Å². The highest BCUT2D eigenvalue weighted by Crippen LogP contribution is 2.33. The third-order valence-corrected chi connectivity index (χ3v) is 5.00. The molecule has 2 aromatic heterocycles. The fraction of sp³-hybridized carbons (Fsp3) is 0.200. The second-order valence-corrected chi connectivity index (χ2v) is 7.41. The van der Waals surface area contributed by atoms with E-state index in [-0.39, 0.29) is 5.52 Å². The van der Waals surface area contributed by atoms with Crippen LogP contribution in [-0.2, 0) is 24.4 Å². The molecule has 0 radical (unpaired) electrons. The number of pyridine rings is 1. The van der Waals surface area contributed by atoms with Gasteiger partial charge in [0, 0.05) is 17.6 Å². The first-order chi connectivity index (χ1) is 11.2. The third-order valence-electron chi connectivity index (χ3n) is 3.55. The molecule has 3 aromatic rings. The summed E-state index contributed by atoms with van der Waals surface area (Å²) in [7, 11) is 1.68. The number of imidazole rings is 1. The monoisotopic (exact) mass is 417 g/mol. The lowest BCUT2D eigenvalue weighted by atomic mass is 10.2. The molecule has 0 N–H and O–H groups in total. The minimum atomic E-state index is -4.53. The van der Waals surface area contributed by atoms with E-state index >= 15 is 0 Å². The lowest BCUT2D eigenvalue weighted by Crippen LogP contribution is -2.07. The molecule has 1 aromatic carbocycles. The predicted molar refractivity (Wildman–Crippen MR) is 89.0 cm³/mol. The summed E-state index contributed by atoms with van der Waals surface area (Å²) in [6.07, 6.45) is -1.84. The average molecular weight is 418 g/mol. The van der Waals surface area contributed by atoms with Crippen LogP contribution in [0.25, 0.3) is 22.4 Å². The van der Waals surface area contributed by atoms with Gasteiger partial charge >= 0.3 is 6.18 Å². The molecule has 1 unspecified atom stereocenters. The molecule has 0 saturated heterocycles. The highest BCUT2D eigenvalue weighted by atomic mass is 79.9. The van der Waals surface area contributed by atoms with Crippen LogP contribution in [0.2, 0.25) is 0 Å². The molecule has 2 heterocycles. The second-order valence-electron chi connectivity index (χ2n) is 5.15. The number of rotatable bonds is 2. The Morgan fingerprint density at radius 1 is 1.25 bits per heavy atom. The Balaban J connectivity index is 2.23. The summed E-state index contributed by atoms with van der Waals surface area (Å²) in [5.74, 6) is 0.434. The molecule has 24 heavy (non-hydrogen) atoms. The number of nitrogens with zero attached hydrogens (tertiary/aromatic N) is 3. The van der Waals surface area contributed by atoms with Gasteiger partial charge in [-0.1, -0.05) is 15.9 Å². The molecule has 0 bridgehead atoms. The van der Waals surface area contributed by atoms with Crippen molar-refractivity contribution in [3.05, 3.63) is 40.6 Å². The van der Waals surface area contributed by atoms with Crippen molar-refractivity contribution in [3.8, 4) is 11.4 Å². The van der Waals surface area contributed by atoms with Crippen molar-refractivity contribution in [1.82, 2.24) is 14.5 Å². The Bertz CT molecular complexity index is 924. The van der Waals surface area contributed by atoms with E-state index in [9.17, 15) is 17.7 Å². The van der Waals surface area contributed by atoms with Gasteiger partial charge in [0.2, 0.25) is 0 Å². The molecule has 126 valence electrons. The Labute approximate surface area is 147 Å². The van der Waals surface area contributed by atoms with E-state index in [4.69, 9.17) is 0 Å². The number of aromatic nitrogens is 3. The lowest BCUT2D eigenvalue weighted by molar-refractivity contribution is -0.141. The van der Waals surface area contributed by atoms with Crippen LogP contribution in [0.5, 0.6) is 0 Å². The van der Waals surface area contributed by atoms with Crippen molar-refractivity contribution >= 4 is 38.1 Å². The number of hydrogen-bond donors (Lipinski definition) is 0. The summed E-state index contributed by atoms with van der Waals surface area (Å²) in [5, 5.41) is 0. The topological polar surface area (TPSA) is 53.8 Å². The molecule has 0 spiro atoms. The van der Waals surface area contributed by atoms with Crippen LogP contribution in [0.4, 0.5) is 13.2 Å². The van der Waals surface area contributed by atoms with E-state index < -0.39 is 23.0 Å². The molecule has 0 saturated carbocycles. The minimum Gasteiger partial charge on any atom is -0.612 e. The van der Waals surface area contributed by atoms with Crippen LogP contribution in [0.3, 0.4) is 0 Å². The Morgan fingerprint density at radius 3 is 2.58 bits per heavy atom. The first-order valence-electron chi connectivity index (χ1n) is 6.71. The standard InChI is InChI=1S/C15H11BrF3N3OS/c1-22-11-7-20-13(15(17,18)19)6-10(11)21-14(22)9-4-3-8(16)5-12(9)24(2)23/h3-7H,1-2H3. The van der Waals surface area contributed by atoms with Gasteiger partial charge in [0.25, 0.3) is 0 Å². The Morgan fingerprint density at radius 2 is 1.96 bits per heavy atom. The summed E-state index contributed by atoms with van der Waals surface area (Å²) in [4.78, 5) is 8.31. The van der Waals surface area contributed by atoms with Gasteiger partial charge in [-0.2, -0.15) is 13.2 Å². The number of fused-ring (bicyclic) bond motifs is 1. The van der Waals surface area contributed by atoms with E-state index in [2.05, 4.69) is 25.9 Å². The molecular weight excluding hydrogens is 407 g/mol. The highest BCUT2D eigenvalue weighted by molar-refractivity contribution is 9.10. The summed E-state index contributed by atoms with van der Waals surface area (Å²) < 4.78 is 52.9. The summed E-state index contributed by atoms with van der Waals surface area (Å²) in [5.41, 5.74) is 0.264. The molecule has 0 aliphatic rings. The van der Waals surface area contributed by atoms with E-state index in [0.29, 0.717) is 21.8 Å². The fourth-order valence-corrected chi connectivity index (χ4v) is 3.68. The molecule has 9 heteroatoms. The molecular formula is C15H11BrF3N3OS. The van der Waals surface area contributed by atoms with Crippen LogP contribution in [-0.4, -0.2) is 25.3 Å². The number of aryl methyl sites for hydroxylation is 1. The van der Waals surface area contributed by atoms with Crippen LogP contribution in [0, 0.1) is 0 Å². The van der Waals surface area contributed by atoms with E-state index in [0.717, 1.165) is 16.7 Å².